The third-order valence-electron chi connectivity index (χ3n) is 2.93. The van der Waals surface area contributed by atoms with Gasteiger partial charge in [0.1, 0.15) is 5.69 Å². The number of nitrogens with zero attached hydrogens (tertiary/aromatic N) is 4. The predicted octanol–water partition coefficient (Wildman–Crippen LogP) is 1.99. The lowest BCUT2D eigenvalue weighted by Gasteiger charge is -2.07. The first-order chi connectivity index (χ1) is 8.86. The van der Waals surface area contributed by atoms with E-state index in [1.54, 1.807) is 12.4 Å². The normalized spacial score (nSPS) is 10.8. The van der Waals surface area contributed by atoms with Crippen molar-refractivity contribution in [3.05, 3.63) is 30.2 Å². The van der Waals surface area contributed by atoms with Crippen molar-refractivity contribution in [1.82, 2.24) is 20.0 Å². The van der Waals surface area contributed by atoms with Gasteiger partial charge in [-0.3, -0.25) is 4.98 Å². The van der Waals surface area contributed by atoms with Crippen molar-refractivity contribution in [3.63, 3.8) is 0 Å². The molecule has 2 heterocycles. The van der Waals surface area contributed by atoms with Crippen LogP contribution in [0, 0.1) is 0 Å². The lowest BCUT2D eigenvalue weighted by Crippen LogP contribution is -2.04. The molecule has 0 saturated heterocycles. The van der Waals surface area contributed by atoms with Gasteiger partial charge in [0, 0.05) is 31.0 Å². The first kappa shape index (κ1) is 12.7. The molecule has 0 aliphatic carbocycles. The van der Waals surface area contributed by atoms with Gasteiger partial charge in [-0.2, -0.15) is 0 Å². The highest BCUT2D eigenvalue weighted by atomic mass is 15.4. The minimum absolute atomic E-state index is 0.408. The van der Waals surface area contributed by atoms with Crippen LogP contribution in [0.2, 0.25) is 0 Å². The van der Waals surface area contributed by atoms with Gasteiger partial charge in [-0.15, -0.1) is 5.10 Å². The van der Waals surface area contributed by atoms with Gasteiger partial charge in [-0.1, -0.05) is 25.0 Å². The summed E-state index contributed by atoms with van der Waals surface area (Å²) in [6.45, 7) is 3.49. The minimum atomic E-state index is 0.408. The van der Waals surface area contributed by atoms with Gasteiger partial charge in [-0.25, -0.2) is 4.68 Å². The van der Waals surface area contributed by atoms with Crippen LogP contribution in [-0.2, 0) is 13.1 Å². The molecule has 0 spiro atoms. The summed E-state index contributed by atoms with van der Waals surface area (Å²) in [6.07, 6.45) is 7.07. The van der Waals surface area contributed by atoms with E-state index in [1.165, 1.54) is 12.8 Å². The van der Waals surface area contributed by atoms with Crippen LogP contribution in [0.25, 0.3) is 11.3 Å². The Balaban J connectivity index is 2.28. The third-order valence-corrected chi connectivity index (χ3v) is 2.93. The Kier molecular flexibility index (Phi) is 4.41. The second-order valence-corrected chi connectivity index (χ2v) is 4.26. The van der Waals surface area contributed by atoms with E-state index < -0.39 is 0 Å². The first-order valence-corrected chi connectivity index (χ1v) is 6.39. The van der Waals surface area contributed by atoms with Crippen molar-refractivity contribution in [2.75, 3.05) is 0 Å². The smallest absolute Gasteiger partial charge is 0.104 e. The molecule has 0 amide bonds. The quantitative estimate of drug-likeness (QED) is 0.790. The highest BCUT2D eigenvalue weighted by molar-refractivity contribution is 5.61. The highest BCUT2D eigenvalue weighted by Gasteiger charge is 2.13. The van der Waals surface area contributed by atoms with Crippen LogP contribution < -0.4 is 5.73 Å². The molecule has 0 bridgehead atoms. The summed E-state index contributed by atoms with van der Waals surface area (Å²) in [6, 6.07) is 3.93. The maximum Gasteiger partial charge on any atom is 0.104 e. The van der Waals surface area contributed by atoms with Crippen LogP contribution in [0.1, 0.15) is 31.9 Å². The van der Waals surface area contributed by atoms with Gasteiger partial charge in [0.15, 0.2) is 0 Å². The number of nitrogens with two attached hydrogens (primary N) is 1. The molecule has 18 heavy (non-hydrogen) atoms. The number of aryl methyl sites for hydroxylation is 1. The number of hydrogen-bond acceptors (Lipinski definition) is 4. The summed E-state index contributed by atoms with van der Waals surface area (Å²) < 4.78 is 1.95. The van der Waals surface area contributed by atoms with Crippen LogP contribution in [0.15, 0.2) is 24.5 Å². The zero-order chi connectivity index (χ0) is 12.8. The average Bonchev–Trinajstić information content (AvgIpc) is 2.83. The van der Waals surface area contributed by atoms with Crippen molar-refractivity contribution in [2.24, 2.45) is 5.73 Å². The fourth-order valence-electron chi connectivity index (χ4n) is 1.98. The van der Waals surface area contributed by atoms with E-state index in [0.29, 0.717) is 6.54 Å². The van der Waals surface area contributed by atoms with Crippen molar-refractivity contribution >= 4 is 0 Å². The van der Waals surface area contributed by atoms with E-state index in [-0.39, 0.29) is 0 Å². The summed E-state index contributed by atoms with van der Waals surface area (Å²) in [7, 11) is 0. The molecule has 2 aromatic rings. The van der Waals surface area contributed by atoms with E-state index in [0.717, 1.165) is 29.9 Å². The number of rotatable bonds is 6. The lowest BCUT2D eigenvalue weighted by molar-refractivity contribution is 0.541. The van der Waals surface area contributed by atoms with Gasteiger partial charge in [-0.05, 0) is 18.6 Å². The summed E-state index contributed by atoms with van der Waals surface area (Å²) in [5.41, 5.74) is 8.67. The Hall–Kier alpha value is -1.75. The standard InChI is InChI=1S/C13H19N5/c1-2-3-4-9-18-13(12(10-14)16-17-18)11-5-7-15-8-6-11/h5-8H,2-4,9-10,14H2,1H3. The molecule has 0 saturated carbocycles. The molecular weight excluding hydrogens is 226 g/mol. The maximum absolute atomic E-state index is 5.72. The molecule has 0 unspecified atom stereocenters. The molecule has 96 valence electrons. The van der Waals surface area contributed by atoms with E-state index in [1.807, 2.05) is 16.8 Å². The summed E-state index contributed by atoms with van der Waals surface area (Å²) in [5.74, 6) is 0. The van der Waals surface area contributed by atoms with Crippen LogP contribution >= 0.6 is 0 Å². The molecule has 5 heteroatoms. The minimum Gasteiger partial charge on any atom is -0.325 e. The van der Waals surface area contributed by atoms with Gasteiger partial charge < -0.3 is 5.73 Å². The molecule has 0 radical (unpaired) electrons. The number of unbranched alkanes of at least 4 members (excludes halogenated alkanes) is 2. The molecule has 5 nitrogen and oxygen atoms in total. The van der Waals surface area contributed by atoms with Crippen molar-refractivity contribution < 1.29 is 0 Å². The Morgan fingerprint density at radius 1 is 1.22 bits per heavy atom. The molecule has 0 fully saturated rings. The second kappa shape index (κ2) is 6.26. The van der Waals surface area contributed by atoms with Crippen LogP contribution in [0.3, 0.4) is 0 Å². The third kappa shape index (κ3) is 2.73. The Labute approximate surface area is 107 Å². The molecule has 2 rings (SSSR count). The second-order valence-electron chi connectivity index (χ2n) is 4.26. The number of aromatic nitrogens is 4. The monoisotopic (exact) mass is 245 g/mol. The molecule has 2 N–H and O–H groups in total. The van der Waals surface area contributed by atoms with E-state index >= 15 is 0 Å². The topological polar surface area (TPSA) is 69.6 Å². The molecule has 0 aromatic carbocycles. The van der Waals surface area contributed by atoms with E-state index in [4.69, 9.17) is 5.73 Å². The summed E-state index contributed by atoms with van der Waals surface area (Å²) in [4.78, 5) is 4.03. The summed E-state index contributed by atoms with van der Waals surface area (Å²) in [5, 5.41) is 8.36. The van der Waals surface area contributed by atoms with E-state index in [2.05, 4.69) is 22.2 Å². The van der Waals surface area contributed by atoms with Crippen LogP contribution in [0.5, 0.6) is 0 Å². The number of pyridine rings is 1. The van der Waals surface area contributed by atoms with Gasteiger partial charge in [0.2, 0.25) is 0 Å². The Morgan fingerprint density at radius 3 is 2.67 bits per heavy atom. The van der Waals surface area contributed by atoms with Crippen LogP contribution in [0.4, 0.5) is 0 Å². The number of hydrogen-bond donors (Lipinski definition) is 1. The molecule has 0 aliphatic rings. The van der Waals surface area contributed by atoms with Gasteiger partial charge in [0.25, 0.3) is 0 Å². The van der Waals surface area contributed by atoms with Crippen LogP contribution in [-0.4, -0.2) is 20.0 Å². The van der Waals surface area contributed by atoms with Crippen molar-refractivity contribution in [2.45, 2.75) is 39.3 Å². The van der Waals surface area contributed by atoms with Gasteiger partial charge in [0.05, 0.1) is 5.69 Å². The zero-order valence-corrected chi connectivity index (χ0v) is 10.7. The molecule has 0 atom stereocenters. The fourth-order valence-corrected chi connectivity index (χ4v) is 1.98. The van der Waals surface area contributed by atoms with Gasteiger partial charge >= 0.3 is 0 Å². The summed E-state index contributed by atoms with van der Waals surface area (Å²) >= 11 is 0. The first-order valence-electron chi connectivity index (χ1n) is 6.39. The van der Waals surface area contributed by atoms with Crippen molar-refractivity contribution in [3.8, 4) is 11.3 Å². The fraction of sp³-hybridized carbons (Fsp3) is 0.462. The largest absolute Gasteiger partial charge is 0.325 e. The molecular formula is C13H19N5. The Bertz CT molecular complexity index is 477. The highest BCUT2D eigenvalue weighted by Crippen LogP contribution is 2.21. The molecule has 0 aliphatic heterocycles. The maximum atomic E-state index is 5.72. The zero-order valence-electron chi connectivity index (χ0n) is 10.7. The van der Waals surface area contributed by atoms with E-state index in [9.17, 15) is 0 Å². The SMILES string of the molecule is CCCCCn1nnc(CN)c1-c1ccncc1. The van der Waals surface area contributed by atoms with Crippen molar-refractivity contribution in [1.29, 1.82) is 0 Å². The lowest BCUT2D eigenvalue weighted by atomic mass is 10.1. The Morgan fingerprint density at radius 2 is 2.00 bits per heavy atom. The predicted molar refractivity (Wildman–Crippen MR) is 70.7 cm³/mol. The molecule has 2 aromatic heterocycles. The average molecular weight is 245 g/mol.